The van der Waals surface area contributed by atoms with Crippen molar-refractivity contribution in [2.24, 2.45) is 0 Å². The molecule has 0 unspecified atom stereocenters. The van der Waals surface area contributed by atoms with Gasteiger partial charge in [0.1, 0.15) is 22.9 Å². The summed E-state index contributed by atoms with van der Waals surface area (Å²) in [5, 5.41) is 3.67. The Morgan fingerprint density at radius 2 is 1.59 bits per heavy atom. The number of likely N-dealkylation sites (N-methyl/N-ethyl adjacent to an activating group) is 1. The van der Waals surface area contributed by atoms with E-state index in [0.29, 0.717) is 80.1 Å². The van der Waals surface area contributed by atoms with Crippen molar-refractivity contribution >= 4 is 54.7 Å². The first-order valence-corrected chi connectivity index (χ1v) is 27.0. The Kier molecular flexibility index (Phi) is 15.6. The Morgan fingerprint density at radius 3 is 2.29 bits per heavy atom. The Balaban J connectivity index is 0.965. The van der Waals surface area contributed by atoms with Gasteiger partial charge in [0.15, 0.2) is 0 Å². The maximum Gasteiger partial charge on any atom is 0.501 e. The van der Waals surface area contributed by atoms with Crippen LogP contribution in [0.4, 0.5) is 29.1 Å². The van der Waals surface area contributed by atoms with E-state index in [9.17, 15) is 35.8 Å². The minimum Gasteiger partial charge on any atom is -0.380 e. The molecule has 3 aliphatic rings. The van der Waals surface area contributed by atoms with Gasteiger partial charge in [0, 0.05) is 87.0 Å². The van der Waals surface area contributed by atoms with Gasteiger partial charge in [0.25, 0.3) is 19.9 Å². The van der Waals surface area contributed by atoms with Crippen LogP contribution in [0.1, 0.15) is 44.4 Å². The molecule has 0 spiro atoms. The zero-order chi connectivity index (χ0) is 49.0. The van der Waals surface area contributed by atoms with Crippen LogP contribution in [0.3, 0.4) is 0 Å². The number of piperidine rings is 1. The van der Waals surface area contributed by atoms with Gasteiger partial charge in [-0.25, -0.2) is 31.2 Å². The van der Waals surface area contributed by atoms with Crippen molar-refractivity contribution in [1.29, 1.82) is 0 Å². The summed E-state index contributed by atoms with van der Waals surface area (Å²) in [6.07, 6.45) is 2.89. The SMILES string of the molecule is [2H]C1(N2CCc3c(ncnc3NS(=O)(=O)c3ccc(N[C@H](CCN4CCN(CC)CC4)CSc4ccccc4)c(S(=O)(=O)C(F)(F)F)c3)C2)CCN(Cc2cc(F)ccc2-c2ccc(Cl)cc2)CC1. The van der Waals surface area contributed by atoms with E-state index in [1.54, 1.807) is 18.2 Å². The quantitative estimate of drug-likeness (QED) is 0.0683. The van der Waals surface area contributed by atoms with Gasteiger partial charge in [-0.15, -0.1) is 11.8 Å². The summed E-state index contributed by atoms with van der Waals surface area (Å²) in [7, 11) is -10.7. The predicted octanol–water partition coefficient (Wildman–Crippen LogP) is 8.65. The molecule has 1 aromatic heterocycles. The first kappa shape index (κ1) is 48.7. The maximum atomic E-state index is 14.5. The Labute approximate surface area is 406 Å². The van der Waals surface area contributed by atoms with Crippen LogP contribution >= 0.6 is 23.4 Å². The smallest absolute Gasteiger partial charge is 0.380 e. The fourth-order valence-corrected chi connectivity index (χ4v) is 12.2. The predicted molar refractivity (Wildman–Crippen MR) is 260 cm³/mol. The van der Waals surface area contributed by atoms with E-state index in [0.717, 1.165) is 66.4 Å². The van der Waals surface area contributed by atoms with E-state index in [4.69, 9.17) is 11.6 Å². The minimum atomic E-state index is -6.04. The number of sulfonamides is 1. The van der Waals surface area contributed by atoms with Crippen molar-refractivity contribution in [1.82, 2.24) is 29.6 Å². The van der Waals surface area contributed by atoms with E-state index in [-0.39, 0.29) is 30.3 Å². The number of nitrogens with zero attached hydrogens (tertiary/aromatic N) is 6. The standard InChI is InChI=1S/C48H55ClF4N8O4S3/c1-2-58-24-26-59(27-25-58)20-16-38(32-66-40-6-4-3-5-7-40)56-44-15-13-41(29-46(44)67(62,63)48(51,52)53)68(64,65)57-47-43-19-23-61(31-45(43)54-33-55-47)39-17-21-60(22-18-39)30-35-28-37(50)12-14-42(35)34-8-10-36(49)11-9-34/h3-15,28-29,33,38-39,56H,2,16-27,30-32H2,1H3,(H,54,55,57)/t38-/m1/s1/i39D. The summed E-state index contributed by atoms with van der Waals surface area (Å²) in [6, 6.07) is 22.8. The number of alkyl halides is 3. The summed E-state index contributed by atoms with van der Waals surface area (Å²) in [4.78, 5) is 16.5. The molecule has 5 aromatic rings. The van der Waals surface area contributed by atoms with E-state index in [1.807, 2.05) is 47.4 Å². The second-order valence-electron chi connectivity index (χ2n) is 17.2. The third-order valence-electron chi connectivity index (χ3n) is 12.9. The average molecular weight is 1020 g/mol. The van der Waals surface area contributed by atoms with Crippen molar-refractivity contribution in [3.05, 3.63) is 125 Å². The lowest BCUT2D eigenvalue weighted by atomic mass is 9.96. The highest BCUT2D eigenvalue weighted by molar-refractivity contribution is 7.99. The summed E-state index contributed by atoms with van der Waals surface area (Å²) >= 11 is 7.59. The highest BCUT2D eigenvalue weighted by atomic mass is 35.5. The average Bonchev–Trinajstić information content (AvgIpc) is 3.33. The molecular formula is C48H55ClF4N8O4S3. The molecule has 68 heavy (non-hydrogen) atoms. The highest BCUT2D eigenvalue weighted by Crippen LogP contribution is 2.38. The number of halogens is 5. The van der Waals surface area contributed by atoms with Crippen molar-refractivity contribution in [2.45, 2.75) is 78.0 Å². The Hall–Kier alpha value is -4.34. The van der Waals surface area contributed by atoms with Crippen LogP contribution in [-0.2, 0) is 39.4 Å². The van der Waals surface area contributed by atoms with Gasteiger partial charge in [0.05, 0.1) is 16.3 Å². The Bertz CT molecular complexity index is 2800. The molecule has 0 bridgehead atoms. The number of nitrogens with one attached hydrogen (secondary N) is 2. The lowest BCUT2D eigenvalue weighted by Gasteiger charge is -2.40. The molecule has 0 saturated carbocycles. The number of sulfone groups is 1. The highest BCUT2D eigenvalue weighted by Gasteiger charge is 2.48. The molecule has 4 heterocycles. The van der Waals surface area contributed by atoms with E-state index < -0.39 is 47.2 Å². The van der Waals surface area contributed by atoms with Crippen LogP contribution in [0, 0.1) is 5.82 Å². The zero-order valence-corrected chi connectivity index (χ0v) is 40.8. The van der Waals surface area contributed by atoms with Gasteiger partial charge in [0.2, 0.25) is 0 Å². The number of piperazine rings is 1. The second-order valence-corrected chi connectivity index (χ2v) is 22.3. The fourth-order valence-electron chi connectivity index (χ4n) is 8.96. The van der Waals surface area contributed by atoms with Crippen LogP contribution in [0.2, 0.25) is 5.02 Å². The first-order chi connectivity index (χ1) is 32.9. The molecule has 4 aromatic carbocycles. The number of rotatable bonds is 17. The zero-order valence-electron chi connectivity index (χ0n) is 38.6. The minimum absolute atomic E-state index is 0.0831. The van der Waals surface area contributed by atoms with Gasteiger partial charge in [-0.05, 0) is 117 Å². The molecule has 1 atom stereocenters. The Morgan fingerprint density at radius 1 is 0.868 bits per heavy atom. The monoisotopic (exact) mass is 1020 g/mol. The molecule has 364 valence electrons. The van der Waals surface area contributed by atoms with E-state index in [2.05, 4.69) is 41.6 Å². The molecule has 0 amide bonds. The van der Waals surface area contributed by atoms with Crippen LogP contribution in [-0.4, -0.2) is 129 Å². The maximum absolute atomic E-state index is 14.5. The number of anilines is 2. The van der Waals surface area contributed by atoms with E-state index in [1.165, 1.54) is 30.2 Å². The molecule has 0 radical (unpaired) electrons. The van der Waals surface area contributed by atoms with Gasteiger partial charge in [-0.3, -0.25) is 14.5 Å². The second kappa shape index (κ2) is 21.7. The first-order valence-electron chi connectivity index (χ1n) is 23.1. The van der Waals surface area contributed by atoms with Crippen molar-refractivity contribution in [3.8, 4) is 11.1 Å². The summed E-state index contributed by atoms with van der Waals surface area (Å²) in [5.74, 6) is -0.0265. The molecule has 0 aliphatic carbocycles. The number of hydrogen-bond acceptors (Lipinski definition) is 12. The van der Waals surface area contributed by atoms with Crippen molar-refractivity contribution in [2.75, 3.05) is 74.7 Å². The lowest BCUT2D eigenvalue weighted by Crippen LogP contribution is -2.47. The topological polar surface area (TPSA) is 131 Å². The largest absolute Gasteiger partial charge is 0.501 e. The third-order valence-corrected chi connectivity index (χ3v) is 17.1. The van der Waals surface area contributed by atoms with Crippen LogP contribution in [0.15, 0.2) is 112 Å². The molecule has 8 rings (SSSR count). The molecule has 20 heteroatoms. The van der Waals surface area contributed by atoms with Crippen molar-refractivity contribution in [3.63, 3.8) is 0 Å². The number of benzene rings is 4. The van der Waals surface area contributed by atoms with Crippen LogP contribution < -0.4 is 10.0 Å². The van der Waals surface area contributed by atoms with Gasteiger partial charge in [-0.2, -0.15) is 13.2 Å². The summed E-state index contributed by atoms with van der Waals surface area (Å²) < 4.78 is 124. The van der Waals surface area contributed by atoms with Crippen LogP contribution in [0.5, 0.6) is 0 Å². The summed E-state index contributed by atoms with van der Waals surface area (Å²) in [6.45, 7) is 9.31. The van der Waals surface area contributed by atoms with Gasteiger partial charge >= 0.3 is 5.51 Å². The number of hydrogen-bond donors (Lipinski definition) is 2. The van der Waals surface area contributed by atoms with Crippen molar-refractivity contribution < 1.29 is 35.8 Å². The van der Waals surface area contributed by atoms with Crippen LogP contribution in [0.25, 0.3) is 11.1 Å². The normalized spacial score (nSPS) is 18.4. The van der Waals surface area contributed by atoms with Gasteiger partial charge in [-0.1, -0.05) is 54.9 Å². The third kappa shape index (κ3) is 12.1. The number of likely N-dealkylation sites (tertiary alicyclic amines) is 1. The number of fused-ring (bicyclic) bond motifs is 1. The fraction of sp³-hybridized carbons (Fsp3) is 0.417. The molecular weight excluding hydrogens is 960 g/mol. The molecule has 3 aliphatic heterocycles. The number of aromatic nitrogens is 2. The molecule has 12 nitrogen and oxygen atoms in total. The molecule has 2 fully saturated rings. The molecule has 2 saturated heterocycles. The number of thioether (sulfide) groups is 1. The summed E-state index contributed by atoms with van der Waals surface area (Å²) in [5.41, 5.74) is -2.48. The van der Waals surface area contributed by atoms with Gasteiger partial charge < -0.3 is 15.1 Å². The molecule has 2 N–H and O–H groups in total. The van der Waals surface area contributed by atoms with E-state index >= 15 is 0 Å². The lowest BCUT2D eigenvalue weighted by molar-refractivity contribution is -0.0435.